The molecule has 0 radical (unpaired) electrons. The van der Waals surface area contributed by atoms with Crippen LogP contribution in [-0.2, 0) is 6.54 Å². The summed E-state index contributed by atoms with van der Waals surface area (Å²) < 4.78 is 25.7. The third-order valence-corrected chi connectivity index (χ3v) is 2.27. The van der Waals surface area contributed by atoms with Gasteiger partial charge in [0.2, 0.25) is 0 Å². The summed E-state index contributed by atoms with van der Waals surface area (Å²) in [5.41, 5.74) is -0.262. The van der Waals surface area contributed by atoms with Gasteiger partial charge in [0.1, 0.15) is 5.82 Å². The zero-order valence-corrected chi connectivity index (χ0v) is 9.45. The third kappa shape index (κ3) is 3.53. The first-order valence-electron chi connectivity index (χ1n) is 5.08. The molecule has 1 heterocycles. The van der Waals surface area contributed by atoms with E-state index in [2.05, 4.69) is 10.3 Å². The number of alkyl halides is 2. The van der Waals surface area contributed by atoms with Crippen molar-refractivity contribution in [1.82, 2.24) is 14.9 Å². The summed E-state index contributed by atoms with van der Waals surface area (Å²) in [7, 11) is 0. The summed E-state index contributed by atoms with van der Waals surface area (Å²) in [6, 6.07) is 0. The number of hydrogen-bond donors (Lipinski definition) is 2. The van der Waals surface area contributed by atoms with E-state index in [1.165, 1.54) is 12.4 Å². The van der Waals surface area contributed by atoms with Crippen molar-refractivity contribution in [1.29, 1.82) is 0 Å². The summed E-state index contributed by atoms with van der Waals surface area (Å²) >= 11 is 0. The SMILES string of the molecule is CC(C)(CO)CNCc1nccn1C(F)F. The number of aliphatic hydroxyl groups is 1. The zero-order valence-electron chi connectivity index (χ0n) is 9.45. The van der Waals surface area contributed by atoms with Gasteiger partial charge in [-0.05, 0) is 0 Å². The van der Waals surface area contributed by atoms with Crippen molar-refractivity contribution in [2.75, 3.05) is 13.2 Å². The Morgan fingerprint density at radius 1 is 1.56 bits per heavy atom. The van der Waals surface area contributed by atoms with E-state index < -0.39 is 6.55 Å². The van der Waals surface area contributed by atoms with Gasteiger partial charge in [0.15, 0.2) is 0 Å². The Kier molecular flexibility index (Phi) is 4.37. The number of rotatable bonds is 6. The van der Waals surface area contributed by atoms with E-state index in [9.17, 15) is 8.78 Å². The van der Waals surface area contributed by atoms with E-state index in [1.807, 2.05) is 13.8 Å². The summed E-state index contributed by atoms with van der Waals surface area (Å²) in [6.45, 7) is 2.06. The van der Waals surface area contributed by atoms with Crippen molar-refractivity contribution in [3.63, 3.8) is 0 Å². The highest BCUT2D eigenvalue weighted by Gasteiger charge is 2.16. The lowest BCUT2D eigenvalue weighted by atomic mass is 9.95. The molecule has 0 fully saturated rings. The summed E-state index contributed by atoms with van der Waals surface area (Å²) in [4.78, 5) is 3.84. The lowest BCUT2D eigenvalue weighted by molar-refractivity contribution is 0.0663. The van der Waals surface area contributed by atoms with Crippen LogP contribution >= 0.6 is 0 Å². The Labute approximate surface area is 93.3 Å². The maximum absolute atomic E-state index is 12.4. The molecule has 0 bridgehead atoms. The van der Waals surface area contributed by atoms with Gasteiger partial charge in [-0.15, -0.1) is 0 Å². The molecule has 4 nitrogen and oxygen atoms in total. The molecule has 0 aromatic carbocycles. The molecule has 1 aromatic rings. The van der Waals surface area contributed by atoms with Gasteiger partial charge in [-0.1, -0.05) is 13.8 Å². The standard InChI is InChI=1S/C10H17F2N3O/c1-10(2,7-16)6-13-5-8-14-3-4-15(8)9(11)12/h3-4,9,13,16H,5-7H2,1-2H3. The highest BCUT2D eigenvalue weighted by molar-refractivity contribution is 4.92. The predicted octanol–water partition coefficient (Wildman–Crippen LogP) is 1.39. The molecule has 1 rings (SSSR count). The summed E-state index contributed by atoms with van der Waals surface area (Å²) in [5.74, 6) is 0.295. The average molecular weight is 233 g/mol. The maximum Gasteiger partial charge on any atom is 0.319 e. The Morgan fingerprint density at radius 3 is 2.81 bits per heavy atom. The normalized spacial score (nSPS) is 12.4. The lowest BCUT2D eigenvalue weighted by Crippen LogP contribution is -2.32. The van der Waals surface area contributed by atoms with E-state index in [1.54, 1.807) is 0 Å². The molecule has 6 heteroatoms. The number of aliphatic hydroxyl groups excluding tert-OH is 1. The van der Waals surface area contributed by atoms with Gasteiger partial charge in [-0.25, -0.2) is 4.98 Å². The van der Waals surface area contributed by atoms with Crippen molar-refractivity contribution >= 4 is 0 Å². The minimum atomic E-state index is -2.56. The van der Waals surface area contributed by atoms with Crippen molar-refractivity contribution in [2.45, 2.75) is 26.9 Å². The van der Waals surface area contributed by atoms with Crippen LogP contribution in [0.25, 0.3) is 0 Å². The molecule has 0 saturated carbocycles. The summed E-state index contributed by atoms with van der Waals surface area (Å²) in [6.07, 6.45) is 2.60. The molecule has 92 valence electrons. The van der Waals surface area contributed by atoms with Gasteiger partial charge in [0.05, 0.1) is 6.54 Å². The van der Waals surface area contributed by atoms with E-state index >= 15 is 0 Å². The molecule has 0 spiro atoms. The number of imidazole rings is 1. The molecule has 0 aliphatic rings. The minimum Gasteiger partial charge on any atom is -0.396 e. The van der Waals surface area contributed by atoms with E-state index in [4.69, 9.17) is 5.11 Å². The fourth-order valence-corrected chi connectivity index (χ4v) is 1.23. The lowest BCUT2D eigenvalue weighted by Gasteiger charge is -2.21. The van der Waals surface area contributed by atoms with Crippen LogP contribution in [0.2, 0.25) is 0 Å². The van der Waals surface area contributed by atoms with Crippen molar-refractivity contribution < 1.29 is 13.9 Å². The quantitative estimate of drug-likeness (QED) is 0.780. The topological polar surface area (TPSA) is 50.1 Å². The molecule has 0 saturated heterocycles. The Balaban J connectivity index is 2.46. The number of hydrogen-bond acceptors (Lipinski definition) is 3. The van der Waals surface area contributed by atoms with Gasteiger partial charge >= 0.3 is 6.55 Å². The molecule has 0 unspecified atom stereocenters. The highest BCUT2D eigenvalue weighted by atomic mass is 19.3. The number of aromatic nitrogens is 2. The first kappa shape index (κ1) is 13.1. The first-order chi connectivity index (χ1) is 7.46. The molecule has 0 aliphatic heterocycles. The van der Waals surface area contributed by atoms with Gasteiger partial charge in [0.25, 0.3) is 0 Å². The zero-order chi connectivity index (χ0) is 12.2. The minimum absolute atomic E-state index is 0.0449. The van der Waals surface area contributed by atoms with E-state index in [-0.39, 0.29) is 18.6 Å². The van der Waals surface area contributed by atoms with Gasteiger partial charge in [-0.3, -0.25) is 4.57 Å². The first-order valence-corrected chi connectivity index (χ1v) is 5.08. The van der Waals surface area contributed by atoms with Crippen LogP contribution in [0.1, 0.15) is 26.2 Å². The van der Waals surface area contributed by atoms with Gasteiger partial charge in [0, 0.05) is 31.0 Å². The average Bonchev–Trinajstić information content (AvgIpc) is 2.66. The van der Waals surface area contributed by atoms with E-state index in [0.717, 1.165) is 4.57 Å². The Bertz CT molecular complexity index is 326. The molecular formula is C10H17F2N3O. The van der Waals surface area contributed by atoms with Crippen LogP contribution in [0.15, 0.2) is 12.4 Å². The second kappa shape index (κ2) is 5.36. The van der Waals surface area contributed by atoms with Crippen LogP contribution in [0.5, 0.6) is 0 Å². The predicted molar refractivity (Wildman–Crippen MR) is 56.1 cm³/mol. The van der Waals surface area contributed by atoms with E-state index in [0.29, 0.717) is 12.4 Å². The second-order valence-electron chi connectivity index (χ2n) is 4.45. The fourth-order valence-electron chi connectivity index (χ4n) is 1.23. The smallest absolute Gasteiger partial charge is 0.319 e. The van der Waals surface area contributed by atoms with Gasteiger partial charge in [-0.2, -0.15) is 8.78 Å². The van der Waals surface area contributed by atoms with Crippen molar-refractivity contribution in [3.05, 3.63) is 18.2 Å². The Morgan fingerprint density at radius 2 is 2.25 bits per heavy atom. The van der Waals surface area contributed by atoms with Crippen LogP contribution in [0.3, 0.4) is 0 Å². The molecule has 2 N–H and O–H groups in total. The van der Waals surface area contributed by atoms with Crippen molar-refractivity contribution in [2.24, 2.45) is 5.41 Å². The summed E-state index contributed by atoms with van der Waals surface area (Å²) in [5, 5.41) is 12.0. The molecule has 0 amide bonds. The molecule has 0 aliphatic carbocycles. The van der Waals surface area contributed by atoms with Crippen LogP contribution in [0, 0.1) is 5.41 Å². The number of nitrogens with zero attached hydrogens (tertiary/aromatic N) is 2. The van der Waals surface area contributed by atoms with Crippen molar-refractivity contribution in [3.8, 4) is 0 Å². The van der Waals surface area contributed by atoms with Crippen LogP contribution < -0.4 is 5.32 Å². The highest BCUT2D eigenvalue weighted by Crippen LogP contribution is 2.14. The monoisotopic (exact) mass is 233 g/mol. The van der Waals surface area contributed by atoms with Crippen LogP contribution in [-0.4, -0.2) is 27.8 Å². The third-order valence-electron chi connectivity index (χ3n) is 2.27. The maximum atomic E-state index is 12.4. The molecule has 0 atom stereocenters. The fraction of sp³-hybridized carbons (Fsp3) is 0.700. The van der Waals surface area contributed by atoms with Gasteiger partial charge < -0.3 is 10.4 Å². The molecule has 1 aromatic heterocycles. The Hall–Kier alpha value is -1.01. The largest absolute Gasteiger partial charge is 0.396 e. The molecular weight excluding hydrogens is 216 g/mol. The number of nitrogens with one attached hydrogen (secondary N) is 1. The second-order valence-corrected chi connectivity index (χ2v) is 4.45. The number of halogens is 2. The van der Waals surface area contributed by atoms with Crippen LogP contribution in [0.4, 0.5) is 8.78 Å². The molecule has 16 heavy (non-hydrogen) atoms.